The van der Waals surface area contributed by atoms with E-state index in [9.17, 15) is 15.0 Å². The lowest BCUT2D eigenvalue weighted by Crippen LogP contribution is -2.45. The molecular formula is C15H15BrN2O3. The van der Waals surface area contributed by atoms with Crippen LogP contribution in [0.5, 0.6) is 11.5 Å². The van der Waals surface area contributed by atoms with Crippen LogP contribution in [0.4, 0.5) is 5.69 Å². The van der Waals surface area contributed by atoms with E-state index >= 15 is 0 Å². The molecule has 21 heavy (non-hydrogen) atoms. The summed E-state index contributed by atoms with van der Waals surface area (Å²) in [6.45, 7) is 1.59. The van der Waals surface area contributed by atoms with Crippen LogP contribution in [0, 0.1) is 0 Å². The molecule has 6 heteroatoms. The smallest absolute Gasteiger partial charge is 0.247 e. The number of carbonyl (C=O) groups is 1. The highest BCUT2D eigenvalue weighted by atomic mass is 79.9. The van der Waals surface area contributed by atoms with Crippen molar-refractivity contribution in [2.24, 2.45) is 5.73 Å². The molecule has 0 spiro atoms. The number of phenols is 2. The molecule has 2 aromatic rings. The molecule has 0 aliphatic heterocycles. The molecule has 1 atom stereocenters. The number of phenolic OH excluding ortho intramolecular Hbond substituents is 2. The Morgan fingerprint density at radius 1 is 1.19 bits per heavy atom. The number of rotatable bonds is 4. The molecule has 0 aliphatic rings. The average Bonchev–Trinajstić information content (AvgIpc) is 2.37. The summed E-state index contributed by atoms with van der Waals surface area (Å²) in [6.07, 6.45) is 0. The molecule has 1 amide bonds. The van der Waals surface area contributed by atoms with Crippen molar-refractivity contribution in [2.75, 3.05) is 5.32 Å². The van der Waals surface area contributed by atoms with Crippen LogP contribution in [0.15, 0.2) is 46.9 Å². The molecule has 0 aliphatic carbocycles. The van der Waals surface area contributed by atoms with Crippen molar-refractivity contribution in [2.45, 2.75) is 12.5 Å². The first-order valence-corrected chi connectivity index (χ1v) is 6.98. The summed E-state index contributed by atoms with van der Waals surface area (Å²) in [6, 6.07) is 11.2. The standard InChI is InChI=1S/C15H15BrN2O3/c1-15(14(17)21,9-5-12(19)8-13(20)6-9)18-11-4-2-3-10(16)7-11/h2-8,18-20H,1H3,(H2,17,21). The Bertz CT molecular complexity index is 670. The molecule has 0 heterocycles. The number of aromatic hydroxyl groups is 2. The van der Waals surface area contributed by atoms with Gasteiger partial charge in [0.25, 0.3) is 0 Å². The summed E-state index contributed by atoms with van der Waals surface area (Å²) >= 11 is 3.35. The lowest BCUT2D eigenvalue weighted by atomic mass is 9.90. The molecule has 5 N–H and O–H groups in total. The second kappa shape index (κ2) is 5.65. The first kappa shape index (κ1) is 15.2. The van der Waals surface area contributed by atoms with Crippen LogP contribution in [0.1, 0.15) is 12.5 Å². The molecule has 0 fully saturated rings. The summed E-state index contributed by atoms with van der Waals surface area (Å²) in [7, 11) is 0. The largest absolute Gasteiger partial charge is 0.508 e. The first-order chi connectivity index (χ1) is 9.81. The number of hydrogen-bond acceptors (Lipinski definition) is 4. The minimum absolute atomic E-state index is 0.145. The number of halogens is 1. The molecule has 0 saturated heterocycles. The van der Waals surface area contributed by atoms with Gasteiger partial charge in [-0.1, -0.05) is 22.0 Å². The monoisotopic (exact) mass is 350 g/mol. The lowest BCUT2D eigenvalue weighted by molar-refractivity contribution is -0.122. The van der Waals surface area contributed by atoms with Gasteiger partial charge in [0.05, 0.1) is 0 Å². The Morgan fingerprint density at radius 3 is 2.33 bits per heavy atom. The zero-order chi connectivity index (χ0) is 15.6. The van der Waals surface area contributed by atoms with Crippen LogP contribution in [0.25, 0.3) is 0 Å². The van der Waals surface area contributed by atoms with Crippen molar-refractivity contribution in [3.63, 3.8) is 0 Å². The predicted octanol–water partition coefficient (Wildman–Crippen LogP) is 2.67. The molecular weight excluding hydrogens is 336 g/mol. The second-order valence-corrected chi connectivity index (χ2v) is 5.78. The van der Waals surface area contributed by atoms with Crippen molar-refractivity contribution in [3.8, 4) is 11.5 Å². The second-order valence-electron chi connectivity index (χ2n) is 4.86. The summed E-state index contributed by atoms with van der Waals surface area (Å²) in [5, 5.41) is 22.2. The fourth-order valence-corrected chi connectivity index (χ4v) is 2.41. The highest BCUT2D eigenvalue weighted by Gasteiger charge is 2.34. The maximum absolute atomic E-state index is 11.9. The zero-order valence-corrected chi connectivity index (χ0v) is 12.9. The van der Waals surface area contributed by atoms with E-state index in [0.29, 0.717) is 11.3 Å². The Balaban J connectivity index is 2.47. The molecule has 1 unspecified atom stereocenters. The van der Waals surface area contributed by atoms with Gasteiger partial charge >= 0.3 is 0 Å². The van der Waals surface area contributed by atoms with Gasteiger partial charge in [-0.3, -0.25) is 4.79 Å². The predicted molar refractivity (Wildman–Crippen MR) is 84.1 cm³/mol. The molecule has 0 aromatic heterocycles. The fraction of sp³-hybridized carbons (Fsp3) is 0.133. The highest BCUT2D eigenvalue weighted by Crippen LogP contribution is 2.32. The van der Waals surface area contributed by atoms with Gasteiger partial charge in [0, 0.05) is 16.2 Å². The Labute approximate surface area is 130 Å². The van der Waals surface area contributed by atoms with Crippen molar-refractivity contribution in [1.29, 1.82) is 0 Å². The minimum Gasteiger partial charge on any atom is -0.508 e. The number of hydrogen-bond donors (Lipinski definition) is 4. The van der Waals surface area contributed by atoms with E-state index in [-0.39, 0.29) is 11.5 Å². The fourth-order valence-electron chi connectivity index (χ4n) is 2.01. The molecule has 2 aromatic carbocycles. The van der Waals surface area contributed by atoms with Gasteiger partial charge in [-0.2, -0.15) is 0 Å². The summed E-state index contributed by atoms with van der Waals surface area (Å²) in [5.41, 5.74) is 5.27. The lowest BCUT2D eigenvalue weighted by Gasteiger charge is -2.29. The van der Waals surface area contributed by atoms with Crippen LogP contribution >= 0.6 is 15.9 Å². The molecule has 0 saturated carbocycles. The molecule has 0 bridgehead atoms. The number of primary amides is 1. The number of nitrogens with two attached hydrogens (primary N) is 1. The Kier molecular flexibility index (Phi) is 4.09. The van der Waals surface area contributed by atoms with E-state index in [4.69, 9.17) is 5.73 Å². The van der Waals surface area contributed by atoms with Gasteiger partial charge in [0.15, 0.2) is 0 Å². The van der Waals surface area contributed by atoms with Gasteiger partial charge in [0.2, 0.25) is 5.91 Å². The van der Waals surface area contributed by atoms with E-state index in [2.05, 4.69) is 21.2 Å². The third-order valence-electron chi connectivity index (χ3n) is 3.19. The Hall–Kier alpha value is -2.21. The highest BCUT2D eigenvalue weighted by molar-refractivity contribution is 9.10. The van der Waals surface area contributed by atoms with E-state index < -0.39 is 11.4 Å². The van der Waals surface area contributed by atoms with Crippen LogP contribution in [0.3, 0.4) is 0 Å². The summed E-state index contributed by atoms with van der Waals surface area (Å²) in [4.78, 5) is 11.9. The van der Waals surface area contributed by atoms with Crippen LogP contribution in [0.2, 0.25) is 0 Å². The van der Waals surface area contributed by atoms with Gasteiger partial charge in [-0.05, 0) is 42.8 Å². The van der Waals surface area contributed by atoms with Crippen LogP contribution in [-0.2, 0) is 10.3 Å². The van der Waals surface area contributed by atoms with E-state index in [1.165, 1.54) is 18.2 Å². The Morgan fingerprint density at radius 2 is 1.81 bits per heavy atom. The van der Waals surface area contributed by atoms with Crippen molar-refractivity contribution >= 4 is 27.5 Å². The minimum atomic E-state index is -1.28. The average molecular weight is 351 g/mol. The van der Waals surface area contributed by atoms with Crippen molar-refractivity contribution in [3.05, 3.63) is 52.5 Å². The van der Waals surface area contributed by atoms with Crippen molar-refractivity contribution < 1.29 is 15.0 Å². The SMILES string of the molecule is CC(Nc1cccc(Br)c1)(C(N)=O)c1cc(O)cc(O)c1. The number of amides is 1. The van der Waals surface area contributed by atoms with Crippen molar-refractivity contribution in [1.82, 2.24) is 0 Å². The maximum atomic E-state index is 11.9. The molecule has 0 radical (unpaired) electrons. The van der Waals surface area contributed by atoms with Crippen LogP contribution < -0.4 is 11.1 Å². The van der Waals surface area contributed by atoms with Gasteiger partial charge in [0.1, 0.15) is 17.0 Å². The van der Waals surface area contributed by atoms with Gasteiger partial charge < -0.3 is 21.3 Å². The van der Waals surface area contributed by atoms with E-state index in [1.54, 1.807) is 19.1 Å². The quantitative estimate of drug-likeness (QED) is 0.681. The zero-order valence-electron chi connectivity index (χ0n) is 11.3. The molecule has 2 rings (SSSR count). The molecule has 110 valence electrons. The van der Waals surface area contributed by atoms with E-state index in [1.807, 2.05) is 12.1 Å². The van der Waals surface area contributed by atoms with Gasteiger partial charge in [-0.25, -0.2) is 0 Å². The van der Waals surface area contributed by atoms with Crippen LogP contribution in [-0.4, -0.2) is 16.1 Å². The normalized spacial score (nSPS) is 13.4. The van der Waals surface area contributed by atoms with E-state index in [0.717, 1.165) is 4.47 Å². The topological polar surface area (TPSA) is 95.6 Å². The third kappa shape index (κ3) is 3.28. The maximum Gasteiger partial charge on any atom is 0.247 e. The number of nitrogens with one attached hydrogen (secondary N) is 1. The number of carbonyl (C=O) groups excluding carboxylic acids is 1. The summed E-state index contributed by atoms with van der Waals surface area (Å²) < 4.78 is 0.845. The third-order valence-corrected chi connectivity index (χ3v) is 3.68. The number of anilines is 1. The summed E-state index contributed by atoms with van der Waals surface area (Å²) in [5.74, 6) is -0.922. The van der Waals surface area contributed by atoms with Gasteiger partial charge in [-0.15, -0.1) is 0 Å². The number of benzene rings is 2. The first-order valence-electron chi connectivity index (χ1n) is 6.18. The molecule has 5 nitrogen and oxygen atoms in total.